The van der Waals surface area contributed by atoms with E-state index in [9.17, 15) is 13.2 Å². The highest BCUT2D eigenvalue weighted by atomic mass is 32.2. The maximum Gasteiger partial charge on any atom is 0.311 e. The first-order valence-electron chi connectivity index (χ1n) is 10.3. The molecule has 0 bridgehead atoms. The molecule has 4 rings (SSSR count). The highest BCUT2D eigenvalue weighted by Gasteiger charge is 2.27. The summed E-state index contributed by atoms with van der Waals surface area (Å²) in [6.07, 6.45) is 0.580. The van der Waals surface area contributed by atoms with Crippen molar-refractivity contribution in [1.82, 2.24) is 13.9 Å². The van der Waals surface area contributed by atoms with E-state index in [1.165, 1.54) is 4.31 Å². The van der Waals surface area contributed by atoms with E-state index in [-0.39, 0.29) is 17.3 Å². The van der Waals surface area contributed by atoms with E-state index in [4.69, 9.17) is 9.47 Å². The summed E-state index contributed by atoms with van der Waals surface area (Å²) in [7, 11) is -3.59. The van der Waals surface area contributed by atoms with Gasteiger partial charge in [-0.2, -0.15) is 4.31 Å². The van der Waals surface area contributed by atoms with Gasteiger partial charge in [0.2, 0.25) is 10.0 Å². The Kier molecular flexibility index (Phi) is 6.35. The number of rotatable bonds is 7. The highest BCUT2D eigenvalue weighted by Crippen LogP contribution is 2.24. The van der Waals surface area contributed by atoms with Gasteiger partial charge in [0.25, 0.3) is 0 Å². The maximum absolute atomic E-state index is 13.0. The molecule has 2 aromatic carbocycles. The van der Waals surface area contributed by atoms with Gasteiger partial charge in [0.15, 0.2) is 0 Å². The minimum atomic E-state index is -3.59. The molecule has 1 fully saturated rings. The van der Waals surface area contributed by atoms with Crippen LogP contribution in [0.3, 0.4) is 0 Å². The number of para-hydroxylation sites is 1. The number of benzene rings is 2. The molecule has 3 aromatic rings. The summed E-state index contributed by atoms with van der Waals surface area (Å²) in [6, 6.07) is 13.9. The van der Waals surface area contributed by atoms with Crippen LogP contribution in [0.1, 0.15) is 19.2 Å². The van der Waals surface area contributed by atoms with Gasteiger partial charge in [0.1, 0.15) is 11.6 Å². The Morgan fingerprint density at radius 1 is 1.13 bits per heavy atom. The number of fused-ring (bicyclic) bond motifs is 1. The fourth-order valence-corrected chi connectivity index (χ4v) is 5.11. The number of aryl methyl sites for hydroxylation is 2. The third-order valence-corrected chi connectivity index (χ3v) is 7.15. The van der Waals surface area contributed by atoms with Crippen LogP contribution in [0.5, 0.6) is 5.75 Å². The molecule has 1 aliphatic heterocycles. The smallest absolute Gasteiger partial charge is 0.311 e. The average Bonchev–Trinajstić information content (AvgIpc) is 3.15. The minimum absolute atomic E-state index is 0.178. The number of hydrogen-bond donors (Lipinski definition) is 0. The van der Waals surface area contributed by atoms with Crippen LogP contribution in [-0.2, 0) is 32.5 Å². The van der Waals surface area contributed by atoms with Gasteiger partial charge in [-0.25, -0.2) is 13.4 Å². The Bertz CT molecular complexity index is 1170. The first-order valence-corrected chi connectivity index (χ1v) is 11.8. The number of imidazole rings is 1. The number of carbonyl (C=O) groups is 1. The molecule has 31 heavy (non-hydrogen) atoms. The molecule has 0 amide bonds. The van der Waals surface area contributed by atoms with E-state index in [0.717, 1.165) is 11.3 Å². The predicted molar refractivity (Wildman–Crippen MR) is 115 cm³/mol. The summed E-state index contributed by atoms with van der Waals surface area (Å²) in [5.74, 6) is 0.898. The maximum atomic E-state index is 13.0. The number of nitrogens with zero attached hydrogens (tertiary/aromatic N) is 3. The van der Waals surface area contributed by atoms with Gasteiger partial charge in [0, 0.05) is 26.1 Å². The summed E-state index contributed by atoms with van der Waals surface area (Å²) in [5.41, 5.74) is 1.44. The van der Waals surface area contributed by atoms with E-state index in [1.54, 1.807) is 30.3 Å². The minimum Gasteiger partial charge on any atom is -0.427 e. The molecule has 2 heterocycles. The van der Waals surface area contributed by atoms with Crippen molar-refractivity contribution in [1.29, 1.82) is 0 Å². The molecule has 0 saturated carbocycles. The zero-order valence-corrected chi connectivity index (χ0v) is 18.2. The lowest BCUT2D eigenvalue weighted by atomic mass is 10.3. The Balaban J connectivity index is 1.53. The van der Waals surface area contributed by atoms with Crippen molar-refractivity contribution >= 4 is 27.0 Å². The first-order chi connectivity index (χ1) is 15.0. The Morgan fingerprint density at radius 2 is 1.87 bits per heavy atom. The molecule has 1 aromatic heterocycles. The number of ether oxygens (including phenoxy) is 2. The Labute approximate surface area is 181 Å². The van der Waals surface area contributed by atoms with Crippen LogP contribution < -0.4 is 4.74 Å². The number of morpholine rings is 1. The van der Waals surface area contributed by atoms with Crippen LogP contribution in [0.25, 0.3) is 11.0 Å². The molecule has 8 nitrogen and oxygen atoms in total. The van der Waals surface area contributed by atoms with Crippen LogP contribution in [0.4, 0.5) is 0 Å². The second-order valence-corrected chi connectivity index (χ2v) is 9.16. The van der Waals surface area contributed by atoms with Crippen molar-refractivity contribution < 1.29 is 22.7 Å². The van der Waals surface area contributed by atoms with Crippen molar-refractivity contribution in [3.63, 3.8) is 0 Å². The van der Waals surface area contributed by atoms with Crippen molar-refractivity contribution in [2.45, 2.75) is 31.2 Å². The molecule has 164 valence electrons. The first kappa shape index (κ1) is 21.5. The Morgan fingerprint density at radius 3 is 2.58 bits per heavy atom. The molecule has 0 radical (unpaired) electrons. The third-order valence-electron chi connectivity index (χ3n) is 5.25. The summed E-state index contributed by atoms with van der Waals surface area (Å²) in [5, 5.41) is 0. The number of sulfonamides is 1. The summed E-state index contributed by atoms with van der Waals surface area (Å²) >= 11 is 0. The molecule has 0 aliphatic carbocycles. The quantitative estimate of drug-likeness (QED) is 0.412. The van der Waals surface area contributed by atoms with Crippen molar-refractivity contribution in [2.24, 2.45) is 0 Å². The number of aromatic nitrogens is 2. The molecule has 0 spiro atoms. The summed E-state index contributed by atoms with van der Waals surface area (Å²) in [6.45, 7) is 4.14. The summed E-state index contributed by atoms with van der Waals surface area (Å²) in [4.78, 5) is 17.1. The van der Waals surface area contributed by atoms with Crippen molar-refractivity contribution in [2.75, 3.05) is 26.3 Å². The molecule has 1 aliphatic rings. The van der Waals surface area contributed by atoms with Crippen LogP contribution in [0, 0.1) is 0 Å². The fraction of sp³-hybridized carbons (Fsp3) is 0.364. The third kappa shape index (κ3) is 4.63. The van der Waals surface area contributed by atoms with Gasteiger partial charge in [-0.15, -0.1) is 0 Å². The molecule has 9 heteroatoms. The second kappa shape index (κ2) is 9.17. The number of hydrogen-bond acceptors (Lipinski definition) is 6. The molecule has 0 unspecified atom stereocenters. The van der Waals surface area contributed by atoms with E-state index < -0.39 is 10.0 Å². The summed E-state index contributed by atoms with van der Waals surface area (Å²) < 4.78 is 39.9. The zero-order valence-electron chi connectivity index (χ0n) is 17.4. The topological polar surface area (TPSA) is 90.7 Å². The lowest BCUT2D eigenvalue weighted by Gasteiger charge is -2.26. The largest absolute Gasteiger partial charge is 0.427 e. The molecular weight excluding hydrogens is 418 g/mol. The zero-order chi connectivity index (χ0) is 21.8. The van der Waals surface area contributed by atoms with E-state index in [2.05, 4.69) is 4.98 Å². The molecule has 0 N–H and O–H groups in total. The van der Waals surface area contributed by atoms with E-state index in [1.807, 2.05) is 29.7 Å². The monoisotopic (exact) mass is 443 g/mol. The van der Waals surface area contributed by atoms with Crippen molar-refractivity contribution in [3.05, 3.63) is 54.4 Å². The second-order valence-electron chi connectivity index (χ2n) is 7.23. The normalized spacial score (nSPS) is 15.3. The fourth-order valence-electron chi connectivity index (χ4n) is 3.68. The van der Waals surface area contributed by atoms with Gasteiger partial charge in [-0.1, -0.05) is 18.2 Å². The predicted octanol–water partition coefficient (Wildman–Crippen LogP) is 2.62. The van der Waals surface area contributed by atoms with Gasteiger partial charge in [0.05, 0.1) is 35.6 Å². The van der Waals surface area contributed by atoms with E-state index in [0.29, 0.717) is 50.5 Å². The Hall–Kier alpha value is -2.75. The molecule has 0 atom stereocenters. The number of esters is 1. The van der Waals surface area contributed by atoms with Gasteiger partial charge in [-0.3, -0.25) is 4.79 Å². The van der Waals surface area contributed by atoms with Crippen LogP contribution in [0.15, 0.2) is 53.4 Å². The van der Waals surface area contributed by atoms with Gasteiger partial charge in [-0.05, 0) is 37.3 Å². The van der Waals surface area contributed by atoms with Crippen LogP contribution in [-0.4, -0.2) is 54.5 Å². The van der Waals surface area contributed by atoms with Crippen LogP contribution >= 0.6 is 0 Å². The average molecular weight is 444 g/mol. The SMILES string of the molecule is CCn1c(CCC(=O)Oc2ccccc2)nc2cc(S(=O)(=O)N3CCOCC3)ccc21. The van der Waals surface area contributed by atoms with Gasteiger partial charge < -0.3 is 14.0 Å². The van der Waals surface area contributed by atoms with Gasteiger partial charge >= 0.3 is 5.97 Å². The highest BCUT2D eigenvalue weighted by molar-refractivity contribution is 7.89. The van der Waals surface area contributed by atoms with Crippen LogP contribution in [0.2, 0.25) is 0 Å². The lowest BCUT2D eigenvalue weighted by Crippen LogP contribution is -2.40. The molecular formula is C22H25N3O5S. The van der Waals surface area contributed by atoms with E-state index >= 15 is 0 Å². The standard InChI is InChI=1S/C22H25N3O5S/c1-2-25-20-9-8-18(31(27,28)24-12-14-29-15-13-24)16-19(20)23-21(25)10-11-22(26)30-17-6-4-3-5-7-17/h3-9,16H,2,10-15H2,1H3. The lowest BCUT2D eigenvalue weighted by molar-refractivity contribution is -0.134. The van der Waals surface area contributed by atoms with Crippen molar-refractivity contribution in [3.8, 4) is 5.75 Å². The molecule has 1 saturated heterocycles. The number of carbonyl (C=O) groups excluding carboxylic acids is 1.